The van der Waals surface area contributed by atoms with Gasteiger partial charge in [-0.25, -0.2) is 18.3 Å². The number of nitrogens with one attached hydrogen (secondary N) is 1. The first-order valence-electron chi connectivity index (χ1n) is 12.6. The van der Waals surface area contributed by atoms with E-state index in [1.807, 2.05) is 13.1 Å². The number of alkyl halides is 2. The third-order valence-electron chi connectivity index (χ3n) is 7.32. The lowest BCUT2D eigenvalue weighted by Crippen LogP contribution is -2.45. The molecule has 3 heterocycles. The maximum Gasteiger partial charge on any atom is 0.275 e. The summed E-state index contributed by atoms with van der Waals surface area (Å²) in [7, 11) is 2.04. The average molecular weight is 547 g/mol. The molecule has 0 saturated carbocycles. The largest absolute Gasteiger partial charge is 0.322 e. The van der Waals surface area contributed by atoms with Gasteiger partial charge in [-0.3, -0.25) is 9.69 Å². The predicted octanol–water partition coefficient (Wildman–Crippen LogP) is 4.82. The summed E-state index contributed by atoms with van der Waals surface area (Å²) in [6.45, 7) is 3.22. The zero-order chi connectivity index (χ0) is 27.1. The van der Waals surface area contributed by atoms with Gasteiger partial charge < -0.3 is 10.2 Å². The van der Waals surface area contributed by atoms with Gasteiger partial charge in [0.2, 0.25) is 0 Å². The Labute approximate surface area is 229 Å². The molecule has 7 nitrogen and oxygen atoms in total. The summed E-state index contributed by atoms with van der Waals surface area (Å²) >= 11 is 6.34. The second-order valence-corrected chi connectivity index (χ2v) is 10.3. The molecule has 1 atom stereocenters. The van der Waals surface area contributed by atoms with Crippen LogP contribution in [0.15, 0.2) is 60.9 Å². The summed E-state index contributed by atoms with van der Waals surface area (Å²) in [5.74, 6) is 2.57. The van der Waals surface area contributed by atoms with Crippen molar-refractivity contribution in [1.82, 2.24) is 24.4 Å². The van der Waals surface area contributed by atoms with Crippen molar-refractivity contribution in [3.05, 3.63) is 93.9 Å². The highest BCUT2D eigenvalue weighted by Crippen LogP contribution is 2.50. The molecule has 2 aromatic carbocycles. The molecule has 1 amide bonds. The Morgan fingerprint density at radius 1 is 1.10 bits per heavy atom. The molecular formula is C29H25ClF2N6O. The second-order valence-electron chi connectivity index (χ2n) is 9.90. The number of amides is 1. The first kappa shape index (κ1) is 25.4. The quantitative estimate of drug-likeness (QED) is 0.373. The maximum absolute atomic E-state index is 15.1. The van der Waals surface area contributed by atoms with Crippen LogP contribution >= 0.6 is 11.6 Å². The van der Waals surface area contributed by atoms with Gasteiger partial charge in [0, 0.05) is 67.2 Å². The van der Waals surface area contributed by atoms with Crippen molar-refractivity contribution in [2.75, 3.05) is 38.5 Å². The van der Waals surface area contributed by atoms with Gasteiger partial charge in [-0.15, -0.1) is 0 Å². The SMILES string of the molecule is CN1CCN(C2CC(F)(F)c3cc(NC(=O)c4ccc(Cl)c(C#Cc5cnc6cccnn56)c4)ccc32)CC1. The first-order chi connectivity index (χ1) is 18.8. The molecule has 1 fully saturated rings. The highest BCUT2D eigenvalue weighted by Gasteiger charge is 2.47. The number of benzene rings is 2. The van der Waals surface area contributed by atoms with E-state index in [9.17, 15) is 4.79 Å². The molecule has 10 heteroatoms. The van der Waals surface area contributed by atoms with E-state index in [-0.39, 0.29) is 18.0 Å². The van der Waals surface area contributed by atoms with Gasteiger partial charge in [-0.1, -0.05) is 23.6 Å². The number of carbonyl (C=O) groups is 1. The summed E-state index contributed by atoms with van der Waals surface area (Å²) in [6, 6.07) is 12.8. The van der Waals surface area contributed by atoms with Gasteiger partial charge in [0.15, 0.2) is 5.65 Å². The van der Waals surface area contributed by atoms with E-state index in [0.717, 1.165) is 26.2 Å². The molecule has 2 aromatic heterocycles. The molecule has 4 aromatic rings. The van der Waals surface area contributed by atoms with Crippen LogP contribution in [0, 0.1) is 11.8 Å². The van der Waals surface area contributed by atoms with E-state index in [4.69, 9.17) is 11.6 Å². The van der Waals surface area contributed by atoms with Crippen molar-refractivity contribution < 1.29 is 13.6 Å². The highest BCUT2D eigenvalue weighted by atomic mass is 35.5. The van der Waals surface area contributed by atoms with E-state index in [1.54, 1.807) is 53.3 Å². The number of anilines is 1. The van der Waals surface area contributed by atoms with E-state index < -0.39 is 11.8 Å². The van der Waals surface area contributed by atoms with Crippen molar-refractivity contribution >= 4 is 28.8 Å². The Balaban J connectivity index is 1.22. The number of aromatic nitrogens is 3. The molecule has 0 spiro atoms. The fourth-order valence-electron chi connectivity index (χ4n) is 5.17. The van der Waals surface area contributed by atoms with Crippen LogP contribution < -0.4 is 5.32 Å². The lowest BCUT2D eigenvalue weighted by Gasteiger charge is -2.36. The van der Waals surface area contributed by atoms with Crippen LogP contribution in [0.5, 0.6) is 0 Å². The number of halogens is 3. The molecular weight excluding hydrogens is 522 g/mol. The number of likely N-dealkylation sites (N-methyl/N-ethyl adjacent to an activating group) is 1. The smallest absolute Gasteiger partial charge is 0.275 e. The Morgan fingerprint density at radius 3 is 2.74 bits per heavy atom. The first-order valence-corrected chi connectivity index (χ1v) is 13.0. The average Bonchev–Trinajstić information content (AvgIpc) is 3.46. The lowest BCUT2D eigenvalue weighted by molar-refractivity contribution is -0.0257. The van der Waals surface area contributed by atoms with Gasteiger partial charge >= 0.3 is 0 Å². The summed E-state index contributed by atoms with van der Waals surface area (Å²) in [4.78, 5) is 21.7. The molecule has 6 rings (SSSR count). The number of piperazine rings is 1. The molecule has 1 aliphatic carbocycles. The molecule has 1 saturated heterocycles. The molecule has 198 valence electrons. The summed E-state index contributed by atoms with van der Waals surface area (Å²) in [6.07, 6.45) is 3.00. The van der Waals surface area contributed by atoms with Crippen LogP contribution in [0.25, 0.3) is 5.65 Å². The number of nitrogens with zero attached hydrogens (tertiary/aromatic N) is 5. The predicted molar refractivity (Wildman–Crippen MR) is 145 cm³/mol. The van der Waals surface area contributed by atoms with Crippen LogP contribution in [0.1, 0.15) is 45.2 Å². The van der Waals surface area contributed by atoms with E-state index in [1.165, 1.54) is 6.07 Å². The zero-order valence-corrected chi connectivity index (χ0v) is 21.9. The minimum atomic E-state index is -2.96. The molecule has 1 aliphatic heterocycles. The number of fused-ring (bicyclic) bond motifs is 2. The Bertz CT molecular complexity index is 1630. The summed E-state index contributed by atoms with van der Waals surface area (Å²) < 4.78 is 31.7. The molecule has 2 aliphatic rings. The highest BCUT2D eigenvalue weighted by molar-refractivity contribution is 6.32. The molecule has 0 radical (unpaired) electrons. The number of hydrogen-bond donors (Lipinski definition) is 1. The minimum absolute atomic E-state index is 0.0199. The van der Waals surface area contributed by atoms with Gasteiger partial charge in [0.1, 0.15) is 5.69 Å². The van der Waals surface area contributed by atoms with Crippen LogP contribution in [0.2, 0.25) is 5.02 Å². The third kappa shape index (κ3) is 4.99. The maximum atomic E-state index is 15.1. The normalized spacial score (nSPS) is 18.9. The van der Waals surface area contributed by atoms with E-state index in [2.05, 4.69) is 37.0 Å². The molecule has 0 bridgehead atoms. The lowest BCUT2D eigenvalue weighted by atomic mass is 10.0. The van der Waals surface area contributed by atoms with Crippen molar-refractivity contribution in [2.45, 2.75) is 18.4 Å². The second kappa shape index (κ2) is 10.0. The van der Waals surface area contributed by atoms with Crippen LogP contribution in [-0.4, -0.2) is 63.5 Å². The van der Waals surface area contributed by atoms with Gasteiger partial charge in [-0.05, 0) is 61.0 Å². The number of carbonyl (C=O) groups excluding carboxylic acids is 1. The van der Waals surface area contributed by atoms with Gasteiger partial charge in [-0.2, -0.15) is 5.10 Å². The van der Waals surface area contributed by atoms with Crippen molar-refractivity contribution in [1.29, 1.82) is 0 Å². The number of imidazole rings is 1. The van der Waals surface area contributed by atoms with Crippen molar-refractivity contribution in [2.24, 2.45) is 0 Å². The molecule has 1 unspecified atom stereocenters. The Morgan fingerprint density at radius 2 is 1.92 bits per heavy atom. The summed E-state index contributed by atoms with van der Waals surface area (Å²) in [5, 5.41) is 7.37. The topological polar surface area (TPSA) is 65.8 Å². The number of hydrogen-bond acceptors (Lipinski definition) is 5. The molecule has 1 N–H and O–H groups in total. The van der Waals surface area contributed by atoms with Gasteiger partial charge in [0.05, 0.1) is 11.2 Å². The monoisotopic (exact) mass is 546 g/mol. The van der Waals surface area contributed by atoms with Gasteiger partial charge in [0.25, 0.3) is 11.8 Å². The molecule has 39 heavy (non-hydrogen) atoms. The van der Waals surface area contributed by atoms with E-state index in [0.29, 0.717) is 38.7 Å². The Kier molecular flexibility index (Phi) is 6.55. The zero-order valence-electron chi connectivity index (χ0n) is 21.2. The van der Waals surface area contributed by atoms with Crippen LogP contribution in [0.4, 0.5) is 14.5 Å². The summed E-state index contributed by atoms with van der Waals surface area (Å²) in [5.41, 5.74) is 2.92. The minimum Gasteiger partial charge on any atom is -0.322 e. The van der Waals surface area contributed by atoms with Crippen molar-refractivity contribution in [3.8, 4) is 11.8 Å². The van der Waals surface area contributed by atoms with Crippen molar-refractivity contribution in [3.63, 3.8) is 0 Å². The van der Waals surface area contributed by atoms with E-state index >= 15 is 8.78 Å². The van der Waals surface area contributed by atoms with Crippen LogP contribution in [-0.2, 0) is 5.92 Å². The third-order valence-corrected chi connectivity index (χ3v) is 7.65. The van der Waals surface area contributed by atoms with Crippen LogP contribution in [0.3, 0.4) is 0 Å². The number of rotatable bonds is 3. The fourth-order valence-corrected chi connectivity index (χ4v) is 5.34. The Hall–Kier alpha value is -3.84. The standard InChI is InChI=1S/C29H25ClF2N6O/c1-36-11-13-37(14-12-36)26-17-29(31,32)24-16-21(6-8-23(24)26)35-28(39)20-5-9-25(30)19(15-20)4-7-22-18-33-27-3-2-10-34-38(22)27/h2-3,5-6,8-10,15-16,18,26H,11-14,17H2,1H3,(H,35,39). The fraction of sp³-hybridized carbons (Fsp3) is 0.276.